The Bertz CT molecular complexity index is 1150. The number of carbonyl (C=O) groups excluding carboxylic acids is 1. The Kier molecular flexibility index (Phi) is 5.32. The number of nitrogens with zero attached hydrogens (tertiary/aromatic N) is 2. The summed E-state index contributed by atoms with van der Waals surface area (Å²) in [6, 6.07) is 9.50. The van der Waals surface area contributed by atoms with E-state index in [4.69, 9.17) is 4.74 Å². The normalized spacial score (nSPS) is 11.5. The molecule has 1 N–H and O–H groups in total. The van der Waals surface area contributed by atoms with Crippen LogP contribution in [0.15, 0.2) is 41.2 Å². The van der Waals surface area contributed by atoms with Crippen molar-refractivity contribution in [2.24, 2.45) is 0 Å². The Hall–Kier alpha value is -3.36. The molecule has 0 aliphatic heterocycles. The van der Waals surface area contributed by atoms with E-state index in [9.17, 15) is 22.8 Å². The number of alkyl halides is 3. The molecular weight excluding hydrogens is 387 g/mol. The monoisotopic (exact) mass is 405 g/mol. The Morgan fingerprint density at radius 1 is 1.17 bits per heavy atom. The van der Waals surface area contributed by atoms with E-state index >= 15 is 0 Å². The minimum absolute atomic E-state index is 0.00537. The molecule has 0 saturated carbocycles. The van der Waals surface area contributed by atoms with Crippen LogP contribution in [0.4, 0.5) is 18.9 Å². The van der Waals surface area contributed by atoms with Crippen LogP contribution in [0.3, 0.4) is 0 Å². The van der Waals surface area contributed by atoms with E-state index in [-0.39, 0.29) is 11.0 Å². The number of halogens is 3. The van der Waals surface area contributed by atoms with Crippen molar-refractivity contribution >= 4 is 22.6 Å². The van der Waals surface area contributed by atoms with Crippen LogP contribution < -0.4 is 15.6 Å². The quantitative estimate of drug-likeness (QED) is 0.719. The molecule has 152 valence electrons. The number of methoxy groups -OCH3 is 1. The average molecular weight is 405 g/mol. The van der Waals surface area contributed by atoms with E-state index in [1.54, 1.807) is 44.2 Å². The molecule has 1 heterocycles. The summed E-state index contributed by atoms with van der Waals surface area (Å²) in [4.78, 5) is 28.5. The van der Waals surface area contributed by atoms with Gasteiger partial charge >= 0.3 is 6.18 Å². The van der Waals surface area contributed by atoms with Gasteiger partial charge in [0.15, 0.2) is 0 Å². The minimum atomic E-state index is -4.94. The molecule has 0 aliphatic carbocycles. The third kappa shape index (κ3) is 4.23. The lowest BCUT2D eigenvalue weighted by Gasteiger charge is -2.15. The Balaban J connectivity index is 2.07. The number of amides is 1. The highest BCUT2D eigenvalue weighted by Crippen LogP contribution is 2.27. The number of benzene rings is 2. The zero-order chi connectivity index (χ0) is 21.3. The van der Waals surface area contributed by atoms with Crippen molar-refractivity contribution in [1.82, 2.24) is 9.55 Å². The molecule has 0 fully saturated rings. The summed E-state index contributed by atoms with van der Waals surface area (Å²) < 4.78 is 45.8. The summed E-state index contributed by atoms with van der Waals surface area (Å²) in [6.45, 7) is 2.90. The standard InChI is InChI=1S/C20H18F3N3O3/c1-11-7-15-16(8-12(11)2)26(19(28)18(25-15)20(21,22)23)10-17(27)24-13-5-4-6-14(9-13)29-3/h4-9H,10H2,1-3H3,(H,24,27). The number of hydrogen-bond donors (Lipinski definition) is 1. The number of carbonyl (C=O) groups is 1. The second-order valence-corrected chi connectivity index (χ2v) is 6.55. The molecule has 0 atom stereocenters. The third-order valence-corrected chi connectivity index (χ3v) is 4.49. The van der Waals surface area contributed by atoms with Crippen molar-refractivity contribution in [2.75, 3.05) is 12.4 Å². The molecule has 0 spiro atoms. The summed E-state index contributed by atoms with van der Waals surface area (Å²) in [5, 5.41) is 2.56. The number of anilines is 1. The average Bonchev–Trinajstić information content (AvgIpc) is 2.64. The maximum atomic E-state index is 13.3. The number of fused-ring (bicyclic) bond motifs is 1. The molecular formula is C20H18F3N3O3. The van der Waals surface area contributed by atoms with Crippen molar-refractivity contribution < 1.29 is 22.7 Å². The summed E-state index contributed by atoms with van der Waals surface area (Å²) >= 11 is 0. The SMILES string of the molecule is COc1cccc(NC(=O)Cn2c(=O)c(C(F)(F)F)nc3cc(C)c(C)cc32)c1. The summed E-state index contributed by atoms with van der Waals surface area (Å²) in [5.74, 6) is -0.154. The van der Waals surface area contributed by atoms with Gasteiger partial charge in [0.25, 0.3) is 5.56 Å². The number of nitrogens with one attached hydrogen (secondary N) is 1. The van der Waals surface area contributed by atoms with Gasteiger partial charge in [0.2, 0.25) is 11.6 Å². The smallest absolute Gasteiger partial charge is 0.438 e. The van der Waals surface area contributed by atoms with E-state index in [1.165, 1.54) is 13.2 Å². The lowest BCUT2D eigenvalue weighted by molar-refractivity contribution is -0.142. The van der Waals surface area contributed by atoms with Crippen LogP contribution in [0.5, 0.6) is 5.75 Å². The zero-order valence-electron chi connectivity index (χ0n) is 15.9. The molecule has 1 amide bonds. The fourth-order valence-electron chi connectivity index (χ4n) is 2.88. The van der Waals surface area contributed by atoms with Gasteiger partial charge in [0, 0.05) is 11.8 Å². The summed E-state index contributed by atoms with van der Waals surface area (Å²) in [6.07, 6.45) is -4.94. The second kappa shape index (κ2) is 7.57. The molecule has 1 aromatic heterocycles. The maximum Gasteiger partial charge on any atom is 0.438 e. The second-order valence-electron chi connectivity index (χ2n) is 6.55. The van der Waals surface area contributed by atoms with Gasteiger partial charge in [-0.15, -0.1) is 0 Å². The van der Waals surface area contributed by atoms with Gasteiger partial charge in [-0.3, -0.25) is 14.2 Å². The predicted molar refractivity (Wildman–Crippen MR) is 102 cm³/mol. The van der Waals surface area contributed by atoms with Crippen LogP contribution in [-0.4, -0.2) is 22.6 Å². The minimum Gasteiger partial charge on any atom is -0.497 e. The van der Waals surface area contributed by atoms with Crippen molar-refractivity contribution in [3.63, 3.8) is 0 Å². The van der Waals surface area contributed by atoms with Crippen molar-refractivity contribution in [3.05, 3.63) is 63.6 Å². The van der Waals surface area contributed by atoms with Crippen molar-refractivity contribution in [2.45, 2.75) is 26.6 Å². The first-order valence-electron chi connectivity index (χ1n) is 8.63. The zero-order valence-corrected chi connectivity index (χ0v) is 15.9. The van der Waals surface area contributed by atoms with Gasteiger partial charge in [0.1, 0.15) is 12.3 Å². The van der Waals surface area contributed by atoms with E-state index in [0.29, 0.717) is 11.4 Å². The first-order chi connectivity index (χ1) is 13.6. The number of aromatic nitrogens is 2. The molecule has 0 bridgehead atoms. The van der Waals surface area contributed by atoms with Crippen LogP contribution >= 0.6 is 0 Å². The molecule has 29 heavy (non-hydrogen) atoms. The maximum absolute atomic E-state index is 13.3. The Labute approximate surface area is 163 Å². The van der Waals surface area contributed by atoms with Crippen LogP contribution in [-0.2, 0) is 17.5 Å². The molecule has 3 aromatic rings. The van der Waals surface area contributed by atoms with Gasteiger partial charge in [-0.05, 0) is 49.2 Å². The topological polar surface area (TPSA) is 73.2 Å². The number of aryl methyl sites for hydroxylation is 2. The summed E-state index contributed by atoms with van der Waals surface area (Å²) in [5.41, 5.74) is -0.883. The van der Waals surface area contributed by atoms with Gasteiger partial charge in [0.05, 0.1) is 18.1 Å². The fraction of sp³-hybridized carbons (Fsp3) is 0.250. The molecule has 0 unspecified atom stereocenters. The van der Waals surface area contributed by atoms with E-state index in [2.05, 4.69) is 10.3 Å². The molecule has 6 nitrogen and oxygen atoms in total. The van der Waals surface area contributed by atoms with Crippen molar-refractivity contribution in [3.8, 4) is 5.75 Å². The van der Waals surface area contributed by atoms with Crippen LogP contribution in [0.2, 0.25) is 0 Å². The van der Waals surface area contributed by atoms with E-state index in [0.717, 1.165) is 15.7 Å². The predicted octanol–water partition coefficient (Wildman–Crippen LogP) is 3.68. The van der Waals surface area contributed by atoms with Gasteiger partial charge in [-0.25, -0.2) is 4.98 Å². The largest absolute Gasteiger partial charge is 0.497 e. The first-order valence-corrected chi connectivity index (χ1v) is 8.63. The Morgan fingerprint density at radius 3 is 2.52 bits per heavy atom. The van der Waals surface area contributed by atoms with Gasteiger partial charge in [-0.1, -0.05) is 6.07 Å². The number of rotatable bonds is 4. The fourth-order valence-corrected chi connectivity index (χ4v) is 2.88. The molecule has 2 aromatic carbocycles. The molecule has 0 radical (unpaired) electrons. The highest BCUT2D eigenvalue weighted by Gasteiger charge is 2.37. The molecule has 0 saturated heterocycles. The summed E-state index contributed by atoms with van der Waals surface area (Å²) in [7, 11) is 1.46. The highest BCUT2D eigenvalue weighted by molar-refractivity contribution is 5.91. The van der Waals surface area contributed by atoms with Crippen LogP contribution in [0, 0.1) is 13.8 Å². The lowest BCUT2D eigenvalue weighted by Crippen LogP contribution is -2.34. The van der Waals surface area contributed by atoms with Gasteiger partial charge < -0.3 is 10.1 Å². The number of hydrogen-bond acceptors (Lipinski definition) is 4. The third-order valence-electron chi connectivity index (χ3n) is 4.49. The molecule has 3 rings (SSSR count). The van der Waals surface area contributed by atoms with E-state index < -0.39 is 29.9 Å². The molecule has 0 aliphatic rings. The highest BCUT2D eigenvalue weighted by atomic mass is 19.4. The van der Waals surface area contributed by atoms with E-state index in [1.807, 2.05) is 0 Å². The van der Waals surface area contributed by atoms with Gasteiger partial charge in [-0.2, -0.15) is 13.2 Å². The lowest BCUT2D eigenvalue weighted by atomic mass is 10.1. The van der Waals surface area contributed by atoms with Crippen LogP contribution in [0.25, 0.3) is 11.0 Å². The number of ether oxygens (including phenoxy) is 1. The first kappa shape index (κ1) is 20.4. The Morgan fingerprint density at radius 2 is 1.86 bits per heavy atom. The van der Waals surface area contributed by atoms with Crippen LogP contribution in [0.1, 0.15) is 16.8 Å². The van der Waals surface area contributed by atoms with Crippen molar-refractivity contribution in [1.29, 1.82) is 0 Å². The molecule has 9 heteroatoms.